The molecule has 0 saturated carbocycles. The van der Waals surface area contributed by atoms with Gasteiger partial charge in [0, 0.05) is 35.9 Å². The molecule has 1 aromatic rings. The molecule has 1 aliphatic heterocycles. The summed E-state index contributed by atoms with van der Waals surface area (Å²) in [4.78, 5) is 4.33. The average molecular weight is 273 g/mol. The molecule has 0 spiro atoms. The quantitative estimate of drug-likeness (QED) is 0.842. The summed E-state index contributed by atoms with van der Waals surface area (Å²) in [7, 11) is -0.502. The summed E-state index contributed by atoms with van der Waals surface area (Å²) in [6.07, 6.45) is 2.72. The molecule has 2 N–H and O–H groups in total. The molecule has 6 heteroatoms. The SMILES string of the molecule is CC1(C)OB(c2cnc(CCC#N)cc2N)OC1(C)C. The minimum absolute atomic E-state index is 0.399. The maximum Gasteiger partial charge on any atom is 0.498 e. The highest BCUT2D eigenvalue weighted by Crippen LogP contribution is 2.36. The van der Waals surface area contributed by atoms with Gasteiger partial charge in [-0.25, -0.2) is 0 Å². The Morgan fingerprint density at radius 3 is 2.40 bits per heavy atom. The second-order valence-electron chi connectivity index (χ2n) is 6.05. The van der Waals surface area contributed by atoms with E-state index in [1.807, 2.05) is 27.7 Å². The molecule has 20 heavy (non-hydrogen) atoms. The predicted octanol–water partition coefficient (Wildman–Crippen LogP) is 1.42. The van der Waals surface area contributed by atoms with Crippen LogP contribution in [0.15, 0.2) is 12.3 Å². The van der Waals surface area contributed by atoms with E-state index in [0.717, 1.165) is 11.2 Å². The molecule has 2 heterocycles. The first-order chi connectivity index (χ1) is 9.27. The van der Waals surface area contributed by atoms with Gasteiger partial charge in [-0.05, 0) is 33.8 Å². The van der Waals surface area contributed by atoms with E-state index in [1.165, 1.54) is 0 Å². The van der Waals surface area contributed by atoms with E-state index >= 15 is 0 Å². The van der Waals surface area contributed by atoms with Crippen LogP contribution in [0.25, 0.3) is 0 Å². The number of hydrogen-bond acceptors (Lipinski definition) is 5. The van der Waals surface area contributed by atoms with Crippen LogP contribution in [0.4, 0.5) is 5.69 Å². The van der Waals surface area contributed by atoms with Crippen LogP contribution in [-0.4, -0.2) is 23.3 Å². The third-order valence-corrected chi connectivity index (χ3v) is 4.03. The topological polar surface area (TPSA) is 81.2 Å². The third-order valence-electron chi connectivity index (χ3n) is 4.03. The van der Waals surface area contributed by atoms with Crippen molar-refractivity contribution in [3.05, 3.63) is 18.0 Å². The van der Waals surface area contributed by atoms with E-state index in [0.29, 0.717) is 18.5 Å². The van der Waals surface area contributed by atoms with Crippen molar-refractivity contribution in [2.24, 2.45) is 0 Å². The molecule has 2 rings (SSSR count). The molecule has 0 unspecified atom stereocenters. The van der Waals surface area contributed by atoms with Crippen molar-refractivity contribution in [2.75, 3.05) is 5.73 Å². The van der Waals surface area contributed by atoms with Crippen molar-refractivity contribution in [1.82, 2.24) is 4.98 Å². The lowest BCUT2D eigenvalue weighted by molar-refractivity contribution is 0.00578. The van der Waals surface area contributed by atoms with E-state index in [2.05, 4.69) is 11.1 Å². The van der Waals surface area contributed by atoms with Crippen LogP contribution in [0.2, 0.25) is 0 Å². The van der Waals surface area contributed by atoms with Gasteiger partial charge in [-0.3, -0.25) is 4.98 Å². The van der Waals surface area contributed by atoms with Gasteiger partial charge in [-0.15, -0.1) is 0 Å². The van der Waals surface area contributed by atoms with Crippen LogP contribution < -0.4 is 11.2 Å². The van der Waals surface area contributed by atoms with Gasteiger partial charge in [0.25, 0.3) is 0 Å². The predicted molar refractivity (Wildman–Crippen MR) is 78.3 cm³/mol. The maximum absolute atomic E-state index is 8.59. The molecule has 1 aliphatic rings. The summed E-state index contributed by atoms with van der Waals surface area (Å²) in [6, 6.07) is 3.89. The summed E-state index contributed by atoms with van der Waals surface area (Å²) in [5.74, 6) is 0. The zero-order valence-corrected chi connectivity index (χ0v) is 12.4. The Kier molecular flexibility index (Phi) is 3.76. The Balaban J connectivity index is 2.21. The summed E-state index contributed by atoms with van der Waals surface area (Å²) >= 11 is 0. The fourth-order valence-electron chi connectivity index (χ4n) is 2.01. The van der Waals surface area contributed by atoms with Crippen molar-refractivity contribution in [2.45, 2.75) is 51.7 Å². The van der Waals surface area contributed by atoms with Crippen LogP contribution in [0.1, 0.15) is 39.8 Å². The number of aryl methyl sites for hydroxylation is 1. The lowest BCUT2D eigenvalue weighted by Gasteiger charge is -2.32. The number of pyridine rings is 1. The highest BCUT2D eigenvalue weighted by molar-refractivity contribution is 6.63. The minimum atomic E-state index is -0.502. The van der Waals surface area contributed by atoms with Gasteiger partial charge < -0.3 is 15.0 Å². The van der Waals surface area contributed by atoms with Gasteiger partial charge in [-0.1, -0.05) is 0 Å². The molecule has 0 radical (unpaired) electrons. The summed E-state index contributed by atoms with van der Waals surface area (Å²) in [5, 5.41) is 8.59. The minimum Gasteiger partial charge on any atom is -0.399 e. The monoisotopic (exact) mass is 273 g/mol. The van der Waals surface area contributed by atoms with E-state index in [9.17, 15) is 0 Å². The Morgan fingerprint density at radius 1 is 1.30 bits per heavy atom. The average Bonchev–Trinajstić information content (AvgIpc) is 2.55. The highest BCUT2D eigenvalue weighted by atomic mass is 16.7. The number of nitrogens with zero attached hydrogens (tertiary/aromatic N) is 2. The van der Waals surface area contributed by atoms with Crippen LogP contribution in [0.5, 0.6) is 0 Å². The van der Waals surface area contributed by atoms with Gasteiger partial charge in [-0.2, -0.15) is 5.26 Å². The molecule has 1 fully saturated rings. The van der Waals surface area contributed by atoms with Gasteiger partial charge in [0.15, 0.2) is 0 Å². The third kappa shape index (κ3) is 2.65. The second kappa shape index (κ2) is 5.08. The zero-order chi connectivity index (χ0) is 15.0. The van der Waals surface area contributed by atoms with Gasteiger partial charge in [0.2, 0.25) is 0 Å². The number of nitriles is 1. The number of rotatable bonds is 3. The van der Waals surface area contributed by atoms with Crippen molar-refractivity contribution in [1.29, 1.82) is 5.26 Å². The highest BCUT2D eigenvalue weighted by Gasteiger charge is 2.52. The molecule has 1 saturated heterocycles. The molecular weight excluding hydrogens is 253 g/mol. The van der Waals surface area contributed by atoms with Gasteiger partial charge >= 0.3 is 7.12 Å². The summed E-state index contributed by atoms with van der Waals surface area (Å²) in [6.45, 7) is 7.99. The van der Waals surface area contributed by atoms with Crippen LogP contribution in [0.3, 0.4) is 0 Å². The van der Waals surface area contributed by atoms with E-state index < -0.39 is 18.3 Å². The first kappa shape index (κ1) is 14.8. The van der Waals surface area contributed by atoms with Gasteiger partial charge in [0.1, 0.15) is 0 Å². The first-order valence-electron chi connectivity index (χ1n) is 6.74. The Bertz CT molecular complexity index is 536. The number of aromatic nitrogens is 1. The molecular formula is C14H20BN3O2. The molecule has 0 atom stereocenters. The van der Waals surface area contributed by atoms with Crippen molar-refractivity contribution < 1.29 is 9.31 Å². The van der Waals surface area contributed by atoms with E-state index in [-0.39, 0.29) is 0 Å². The molecule has 0 amide bonds. The maximum atomic E-state index is 8.59. The number of hydrogen-bond donors (Lipinski definition) is 1. The fourth-order valence-corrected chi connectivity index (χ4v) is 2.01. The Morgan fingerprint density at radius 2 is 1.90 bits per heavy atom. The van der Waals surface area contributed by atoms with Crippen molar-refractivity contribution >= 4 is 18.3 Å². The smallest absolute Gasteiger partial charge is 0.399 e. The zero-order valence-electron chi connectivity index (χ0n) is 12.4. The number of anilines is 1. The van der Waals surface area contributed by atoms with E-state index in [4.69, 9.17) is 20.3 Å². The lowest BCUT2D eigenvalue weighted by Crippen LogP contribution is -2.41. The summed E-state index contributed by atoms with van der Waals surface area (Å²) in [5.41, 5.74) is 7.41. The standard InChI is InChI=1S/C14H20BN3O2/c1-13(2)14(3,4)20-15(19-13)11-9-18-10(6-5-7-16)8-12(11)17/h8-9H,5-6H2,1-4H3,(H2,17,18). The molecule has 5 nitrogen and oxygen atoms in total. The number of nitrogen functional groups attached to an aromatic ring is 1. The number of nitrogens with two attached hydrogens (primary N) is 1. The van der Waals surface area contributed by atoms with Crippen LogP contribution in [-0.2, 0) is 15.7 Å². The molecule has 0 aliphatic carbocycles. The molecule has 0 bridgehead atoms. The normalized spacial score (nSPS) is 19.9. The molecule has 106 valence electrons. The van der Waals surface area contributed by atoms with Gasteiger partial charge in [0.05, 0.1) is 17.3 Å². The van der Waals surface area contributed by atoms with Crippen LogP contribution >= 0.6 is 0 Å². The Hall–Kier alpha value is -1.58. The Labute approximate surface area is 120 Å². The molecule has 1 aromatic heterocycles. The van der Waals surface area contributed by atoms with Crippen LogP contribution in [0, 0.1) is 11.3 Å². The largest absolute Gasteiger partial charge is 0.498 e. The summed E-state index contributed by atoms with van der Waals surface area (Å²) < 4.78 is 11.9. The second-order valence-corrected chi connectivity index (χ2v) is 6.05. The van der Waals surface area contributed by atoms with Crippen molar-refractivity contribution in [3.8, 4) is 6.07 Å². The van der Waals surface area contributed by atoms with E-state index in [1.54, 1.807) is 12.3 Å². The molecule has 0 aromatic carbocycles. The fraction of sp³-hybridized carbons (Fsp3) is 0.571. The lowest BCUT2D eigenvalue weighted by atomic mass is 9.79. The first-order valence-corrected chi connectivity index (χ1v) is 6.74. The van der Waals surface area contributed by atoms with Crippen molar-refractivity contribution in [3.63, 3.8) is 0 Å².